The molecule has 1 saturated heterocycles. The number of hydrogen-bond donors (Lipinski definition) is 3. The number of carbonyl (C=O) groups excluding carboxylic acids is 2. The summed E-state index contributed by atoms with van der Waals surface area (Å²) in [6.45, 7) is 2.20. The van der Waals surface area contributed by atoms with Crippen LogP contribution >= 0.6 is 0 Å². The van der Waals surface area contributed by atoms with Gasteiger partial charge in [-0.3, -0.25) is 4.79 Å². The maximum absolute atomic E-state index is 11.7. The Hall–Kier alpha value is -1.99. The Morgan fingerprint density at radius 3 is 2.67 bits per heavy atom. The number of likely N-dealkylation sites (tertiary alicyclic amines) is 1. The Labute approximate surface area is 104 Å². The summed E-state index contributed by atoms with van der Waals surface area (Å²) in [6, 6.07) is -1.55. The number of amides is 3. The van der Waals surface area contributed by atoms with Crippen LogP contribution in [0.1, 0.15) is 13.3 Å². The first-order chi connectivity index (χ1) is 8.43. The fourth-order valence-corrected chi connectivity index (χ4v) is 1.63. The third-order valence-corrected chi connectivity index (χ3v) is 2.69. The lowest BCUT2D eigenvalue weighted by atomic mass is 10.3. The standard InChI is InChI=1S/C10H17N3O5/c1-6(8(14)15)11-9(16)13-4-3-7(5-13)12-10(17)18-2/h6-7H,3-5H2,1-2H3,(H,11,16)(H,12,17)(H,14,15)/t6-,7?/m0/s1. The SMILES string of the molecule is COC(=O)NC1CCN(C(=O)N[C@@H](C)C(=O)O)C1. The molecule has 1 rings (SSSR count). The molecular formula is C10H17N3O5. The minimum absolute atomic E-state index is 0.164. The second kappa shape index (κ2) is 6.08. The van der Waals surface area contributed by atoms with Crippen molar-refractivity contribution < 1.29 is 24.2 Å². The molecule has 0 radical (unpaired) electrons. The van der Waals surface area contributed by atoms with Crippen molar-refractivity contribution in [3.63, 3.8) is 0 Å². The largest absolute Gasteiger partial charge is 0.480 e. The Bertz CT molecular complexity index is 346. The lowest BCUT2D eigenvalue weighted by molar-refractivity contribution is -0.138. The summed E-state index contributed by atoms with van der Waals surface area (Å²) in [5, 5.41) is 13.6. The van der Waals surface area contributed by atoms with Crippen molar-refractivity contribution in [2.75, 3.05) is 20.2 Å². The topological polar surface area (TPSA) is 108 Å². The van der Waals surface area contributed by atoms with Gasteiger partial charge < -0.3 is 25.4 Å². The van der Waals surface area contributed by atoms with Gasteiger partial charge in [-0.25, -0.2) is 9.59 Å². The average molecular weight is 259 g/mol. The van der Waals surface area contributed by atoms with Gasteiger partial charge in [-0.15, -0.1) is 0 Å². The smallest absolute Gasteiger partial charge is 0.407 e. The van der Waals surface area contributed by atoms with Crippen molar-refractivity contribution in [2.45, 2.75) is 25.4 Å². The number of urea groups is 1. The predicted molar refractivity (Wildman–Crippen MR) is 61.1 cm³/mol. The zero-order valence-electron chi connectivity index (χ0n) is 10.3. The molecule has 1 fully saturated rings. The zero-order chi connectivity index (χ0) is 13.7. The molecule has 8 heteroatoms. The van der Waals surface area contributed by atoms with Crippen LogP contribution in [0.25, 0.3) is 0 Å². The molecule has 0 aliphatic carbocycles. The molecule has 1 heterocycles. The van der Waals surface area contributed by atoms with E-state index in [-0.39, 0.29) is 6.04 Å². The van der Waals surface area contributed by atoms with Gasteiger partial charge in [0, 0.05) is 13.1 Å². The van der Waals surface area contributed by atoms with Gasteiger partial charge >= 0.3 is 18.1 Å². The zero-order valence-corrected chi connectivity index (χ0v) is 10.3. The van der Waals surface area contributed by atoms with Crippen molar-refractivity contribution >= 4 is 18.1 Å². The Balaban J connectivity index is 2.39. The number of nitrogens with one attached hydrogen (secondary N) is 2. The van der Waals surface area contributed by atoms with E-state index in [1.165, 1.54) is 18.9 Å². The predicted octanol–water partition coefficient (Wildman–Crippen LogP) is -0.401. The summed E-state index contributed by atoms with van der Waals surface area (Å²) < 4.78 is 4.46. The molecule has 18 heavy (non-hydrogen) atoms. The van der Waals surface area contributed by atoms with Crippen molar-refractivity contribution in [3.05, 3.63) is 0 Å². The number of alkyl carbamates (subject to hydrolysis) is 1. The van der Waals surface area contributed by atoms with E-state index in [1.54, 1.807) is 0 Å². The molecule has 2 atom stereocenters. The number of ether oxygens (including phenoxy) is 1. The monoisotopic (exact) mass is 259 g/mol. The summed E-state index contributed by atoms with van der Waals surface area (Å²) in [5.74, 6) is -1.09. The first-order valence-corrected chi connectivity index (χ1v) is 5.56. The van der Waals surface area contributed by atoms with Gasteiger partial charge in [-0.05, 0) is 13.3 Å². The molecule has 0 aromatic carbocycles. The maximum atomic E-state index is 11.7. The number of aliphatic carboxylic acids is 1. The van der Waals surface area contributed by atoms with Crippen molar-refractivity contribution in [2.24, 2.45) is 0 Å². The highest BCUT2D eigenvalue weighted by Gasteiger charge is 2.28. The third-order valence-electron chi connectivity index (χ3n) is 2.69. The summed E-state index contributed by atoms with van der Waals surface area (Å²) in [6.07, 6.45) is 0.0745. The van der Waals surface area contributed by atoms with E-state index in [9.17, 15) is 14.4 Å². The van der Waals surface area contributed by atoms with Crippen LogP contribution in [0, 0.1) is 0 Å². The van der Waals surface area contributed by atoms with Crippen molar-refractivity contribution in [1.29, 1.82) is 0 Å². The minimum atomic E-state index is -1.09. The molecule has 1 aliphatic rings. The number of nitrogens with zero attached hydrogens (tertiary/aromatic N) is 1. The van der Waals surface area contributed by atoms with Gasteiger partial charge in [0.2, 0.25) is 0 Å². The molecule has 3 N–H and O–H groups in total. The molecule has 102 valence electrons. The van der Waals surface area contributed by atoms with Crippen LogP contribution in [0.15, 0.2) is 0 Å². The summed E-state index contributed by atoms with van der Waals surface area (Å²) in [7, 11) is 1.27. The van der Waals surface area contributed by atoms with Crippen LogP contribution in [-0.4, -0.2) is 60.4 Å². The molecule has 8 nitrogen and oxygen atoms in total. The molecular weight excluding hydrogens is 242 g/mol. The van der Waals surface area contributed by atoms with Gasteiger partial charge in [0.1, 0.15) is 6.04 Å². The number of hydrogen-bond acceptors (Lipinski definition) is 4. The van der Waals surface area contributed by atoms with Gasteiger partial charge in [0.15, 0.2) is 0 Å². The van der Waals surface area contributed by atoms with Crippen LogP contribution in [0.2, 0.25) is 0 Å². The first kappa shape index (κ1) is 14.1. The molecule has 0 spiro atoms. The molecule has 1 aliphatic heterocycles. The highest BCUT2D eigenvalue weighted by atomic mass is 16.5. The lowest BCUT2D eigenvalue weighted by Crippen LogP contribution is -2.47. The fourth-order valence-electron chi connectivity index (χ4n) is 1.63. The number of carboxylic acid groups (broad SMARTS) is 1. The van der Waals surface area contributed by atoms with E-state index < -0.39 is 24.1 Å². The van der Waals surface area contributed by atoms with Crippen LogP contribution in [-0.2, 0) is 9.53 Å². The summed E-state index contributed by atoms with van der Waals surface area (Å²) in [4.78, 5) is 34.7. The Morgan fingerprint density at radius 1 is 1.44 bits per heavy atom. The molecule has 0 aromatic heterocycles. The van der Waals surface area contributed by atoms with Crippen molar-refractivity contribution in [3.8, 4) is 0 Å². The maximum Gasteiger partial charge on any atom is 0.407 e. The van der Waals surface area contributed by atoms with Gasteiger partial charge in [0.05, 0.1) is 13.2 Å². The quantitative estimate of drug-likeness (QED) is 0.639. The van der Waals surface area contributed by atoms with Crippen LogP contribution in [0.3, 0.4) is 0 Å². The van der Waals surface area contributed by atoms with Crippen molar-refractivity contribution in [1.82, 2.24) is 15.5 Å². The average Bonchev–Trinajstić information content (AvgIpc) is 2.77. The first-order valence-electron chi connectivity index (χ1n) is 5.56. The van der Waals surface area contributed by atoms with E-state index in [1.807, 2.05) is 0 Å². The lowest BCUT2D eigenvalue weighted by Gasteiger charge is -2.19. The molecule has 0 bridgehead atoms. The number of carbonyl (C=O) groups is 3. The van der Waals surface area contributed by atoms with Crippen LogP contribution in [0.4, 0.5) is 9.59 Å². The second-order valence-electron chi connectivity index (χ2n) is 4.08. The van der Waals surface area contributed by atoms with E-state index >= 15 is 0 Å². The molecule has 1 unspecified atom stereocenters. The second-order valence-corrected chi connectivity index (χ2v) is 4.08. The number of carboxylic acids is 1. The number of methoxy groups -OCH3 is 1. The number of rotatable bonds is 3. The van der Waals surface area contributed by atoms with Gasteiger partial charge in [-0.1, -0.05) is 0 Å². The van der Waals surface area contributed by atoms with Gasteiger partial charge in [0.25, 0.3) is 0 Å². The molecule has 0 aromatic rings. The van der Waals surface area contributed by atoms with E-state index in [0.717, 1.165) is 0 Å². The molecule has 0 saturated carbocycles. The van der Waals surface area contributed by atoms with Gasteiger partial charge in [-0.2, -0.15) is 0 Å². The Morgan fingerprint density at radius 2 is 2.11 bits per heavy atom. The highest BCUT2D eigenvalue weighted by molar-refractivity contribution is 5.82. The van der Waals surface area contributed by atoms with Crippen LogP contribution < -0.4 is 10.6 Å². The fraction of sp³-hybridized carbons (Fsp3) is 0.700. The normalized spacial score (nSPS) is 20.1. The highest BCUT2D eigenvalue weighted by Crippen LogP contribution is 2.09. The minimum Gasteiger partial charge on any atom is -0.480 e. The molecule has 3 amide bonds. The summed E-state index contributed by atoms with van der Waals surface area (Å²) >= 11 is 0. The van der Waals surface area contributed by atoms with Crippen LogP contribution in [0.5, 0.6) is 0 Å². The Kier molecular flexibility index (Phi) is 4.75. The third kappa shape index (κ3) is 3.79. The summed E-state index contributed by atoms with van der Waals surface area (Å²) in [5.41, 5.74) is 0. The van der Waals surface area contributed by atoms with E-state index in [0.29, 0.717) is 19.5 Å². The van der Waals surface area contributed by atoms with E-state index in [4.69, 9.17) is 5.11 Å². The van der Waals surface area contributed by atoms with E-state index in [2.05, 4.69) is 15.4 Å².